The summed E-state index contributed by atoms with van der Waals surface area (Å²) in [5.74, 6) is -0.0307. The summed E-state index contributed by atoms with van der Waals surface area (Å²) >= 11 is 5.78. The molecule has 2 fully saturated rings. The van der Waals surface area contributed by atoms with Crippen molar-refractivity contribution in [1.82, 2.24) is 19.8 Å². The van der Waals surface area contributed by atoms with Gasteiger partial charge in [-0.05, 0) is 67.9 Å². The molecule has 0 aliphatic carbocycles. The van der Waals surface area contributed by atoms with Gasteiger partial charge in [-0.15, -0.1) is 0 Å². The lowest BCUT2D eigenvalue weighted by Gasteiger charge is -2.29. The van der Waals surface area contributed by atoms with Gasteiger partial charge < -0.3 is 24.8 Å². The van der Waals surface area contributed by atoms with Crippen LogP contribution in [0, 0.1) is 6.92 Å². The predicted octanol–water partition coefficient (Wildman–Crippen LogP) is 4.37. The normalized spacial score (nSPS) is 21.8. The Balaban J connectivity index is 1.38. The quantitative estimate of drug-likeness (QED) is 0.458. The summed E-state index contributed by atoms with van der Waals surface area (Å²) in [6.45, 7) is 4.13. The second-order valence-electron chi connectivity index (χ2n) is 9.15. The van der Waals surface area contributed by atoms with Crippen LogP contribution in [0.3, 0.4) is 0 Å². The first-order valence-corrected chi connectivity index (χ1v) is 12.6. The molecule has 4 heterocycles. The number of hydrogen-bond acceptors (Lipinski definition) is 4. The highest BCUT2D eigenvalue weighted by Gasteiger charge is 2.41. The number of thiocarbonyl (C=S) groups is 1. The SMILES string of the molecule is Cc1ccccc1NC(=O)CCN1C(=S)N[C@H](c2ccccn2)[C@@H]1c1cccn1C[C@@H]1CCCO1. The van der Waals surface area contributed by atoms with Crippen LogP contribution in [-0.4, -0.2) is 44.7 Å². The summed E-state index contributed by atoms with van der Waals surface area (Å²) in [5.41, 5.74) is 3.95. The van der Waals surface area contributed by atoms with E-state index >= 15 is 0 Å². The van der Waals surface area contributed by atoms with E-state index in [1.807, 2.05) is 49.4 Å². The molecule has 2 N–H and O–H groups in total. The van der Waals surface area contributed by atoms with Crippen LogP contribution in [0.1, 0.15) is 48.3 Å². The summed E-state index contributed by atoms with van der Waals surface area (Å²) in [6.07, 6.45) is 6.65. The van der Waals surface area contributed by atoms with Crippen LogP contribution in [-0.2, 0) is 16.1 Å². The number of pyridine rings is 1. The molecule has 182 valence electrons. The maximum atomic E-state index is 12.8. The zero-order chi connectivity index (χ0) is 24.2. The third-order valence-electron chi connectivity index (χ3n) is 6.79. The molecule has 3 atom stereocenters. The smallest absolute Gasteiger partial charge is 0.226 e. The lowest BCUT2D eigenvalue weighted by molar-refractivity contribution is -0.116. The average molecular weight is 490 g/mol. The maximum Gasteiger partial charge on any atom is 0.226 e. The molecule has 7 nitrogen and oxygen atoms in total. The molecule has 2 aromatic heterocycles. The monoisotopic (exact) mass is 489 g/mol. The molecule has 0 bridgehead atoms. The van der Waals surface area contributed by atoms with E-state index in [0.29, 0.717) is 18.1 Å². The second-order valence-corrected chi connectivity index (χ2v) is 9.54. The highest BCUT2D eigenvalue weighted by molar-refractivity contribution is 7.80. The number of carbonyl (C=O) groups is 1. The minimum Gasteiger partial charge on any atom is -0.376 e. The van der Waals surface area contributed by atoms with Crippen LogP contribution in [0.25, 0.3) is 0 Å². The van der Waals surface area contributed by atoms with E-state index in [0.717, 1.165) is 48.6 Å². The summed E-state index contributed by atoms with van der Waals surface area (Å²) in [5, 5.41) is 7.16. The molecular weight excluding hydrogens is 458 g/mol. The van der Waals surface area contributed by atoms with E-state index in [4.69, 9.17) is 17.0 Å². The zero-order valence-corrected chi connectivity index (χ0v) is 20.7. The fraction of sp³-hybridized carbons (Fsp3) is 0.370. The Kier molecular flexibility index (Phi) is 7.11. The lowest BCUT2D eigenvalue weighted by Crippen LogP contribution is -2.33. The number of para-hydroxylation sites is 1. The van der Waals surface area contributed by atoms with Gasteiger partial charge >= 0.3 is 0 Å². The van der Waals surface area contributed by atoms with Gasteiger partial charge in [0, 0.05) is 49.9 Å². The minimum absolute atomic E-state index is 0.0307. The number of aromatic nitrogens is 2. The summed E-state index contributed by atoms with van der Waals surface area (Å²) in [7, 11) is 0. The van der Waals surface area contributed by atoms with Crippen molar-refractivity contribution < 1.29 is 9.53 Å². The van der Waals surface area contributed by atoms with Gasteiger partial charge in [0.05, 0.1) is 23.9 Å². The van der Waals surface area contributed by atoms with E-state index in [2.05, 4.69) is 43.4 Å². The van der Waals surface area contributed by atoms with Crippen LogP contribution >= 0.6 is 12.2 Å². The second kappa shape index (κ2) is 10.6. The van der Waals surface area contributed by atoms with Crippen LogP contribution in [0.4, 0.5) is 5.69 Å². The molecule has 35 heavy (non-hydrogen) atoms. The summed E-state index contributed by atoms with van der Waals surface area (Å²) < 4.78 is 8.18. The standard InChI is InChI=1S/C27H31N5O2S/c1-19-8-2-3-10-21(19)29-24(33)13-16-32-26(25(30-27(32)35)22-11-4-5-14-28-22)23-12-6-15-31(23)18-20-9-7-17-34-20/h2-6,8,10-12,14-15,20,25-26H,7,9,13,16-18H2,1H3,(H,29,33)(H,30,35)/t20-,25+,26-/m0/s1. The van der Waals surface area contributed by atoms with Gasteiger partial charge in [0.1, 0.15) is 0 Å². The first-order chi connectivity index (χ1) is 17.1. The van der Waals surface area contributed by atoms with Crippen molar-refractivity contribution >= 4 is 28.9 Å². The Morgan fingerprint density at radius 3 is 2.83 bits per heavy atom. The first kappa shape index (κ1) is 23.5. The number of hydrogen-bond donors (Lipinski definition) is 2. The number of aryl methyl sites for hydroxylation is 1. The van der Waals surface area contributed by atoms with E-state index in [1.54, 1.807) is 6.20 Å². The average Bonchev–Trinajstić information content (AvgIpc) is 3.61. The van der Waals surface area contributed by atoms with Gasteiger partial charge in [-0.3, -0.25) is 9.78 Å². The molecule has 1 aromatic carbocycles. The molecule has 0 spiro atoms. The number of anilines is 1. The fourth-order valence-electron chi connectivity index (χ4n) is 4.99. The fourth-order valence-corrected chi connectivity index (χ4v) is 5.32. The third kappa shape index (κ3) is 5.23. The molecule has 8 heteroatoms. The molecule has 5 rings (SSSR count). The Bertz CT molecular complexity index is 1180. The number of rotatable bonds is 8. The van der Waals surface area contributed by atoms with Crippen molar-refractivity contribution in [2.75, 3.05) is 18.5 Å². The van der Waals surface area contributed by atoms with Crippen LogP contribution in [0.5, 0.6) is 0 Å². The number of benzene rings is 1. The van der Waals surface area contributed by atoms with Gasteiger partial charge in [-0.1, -0.05) is 24.3 Å². The highest BCUT2D eigenvalue weighted by atomic mass is 32.1. The highest BCUT2D eigenvalue weighted by Crippen LogP contribution is 2.39. The molecule has 0 radical (unpaired) electrons. The predicted molar refractivity (Wildman–Crippen MR) is 140 cm³/mol. The Morgan fingerprint density at radius 1 is 1.20 bits per heavy atom. The minimum atomic E-state index is -0.110. The number of ether oxygens (including phenoxy) is 1. The van der Waals surface area contributed by atoms with Crippen molar-refractivity contribution in [3.63, 3.8) is 0 Å². The summed E-state index contributed by atoms with van der Waals surface area (Å²) in [6, 6.07) is 17.8. The van der Waals surface area contributed by atoms with Gasteiger partial charge in [0.2, 0.25) is 5.91 Å². The summed E-state index contributed by atoms with van der Waals surface area (Å²) in [4.78, 5) is 19.6. The van der Waals surface area contributed by atoms with E-state index in [-0.39, 0.29) is 24.1 Å². The van der Waals surface area contributed by atoms with E-state index in [1.165, 1.54) is 0 Å². The van der Waals surface area contributed by atoms with Crippen LogP contribution < -0.4 is 10.6 Å². The molecular formula is C27H31N5O2S. The largest absolute Gasteiger partial charge is 0.376 e. The van der Waals surface area contributed by atoms with E-state index < -0.39 is 0 Å². The van der Waals surface area contributed by atoms with Gasteiger partial charge in [0.25, 0.3) is 0 Å². The van der Waals surface area contributed by atoms with E-state index in [9.17, 15) is 4.79 Å². The topological polar surface area (TPSA) is 71.4 Å². The van der Waals surface area contributed by atoms with Gasteiger partial charge in [0.15, 0.2) is 5.11 Å². The molecule has 3 aromatic rings. The number of nitrogens with one attached hydrogen (secondary N) is 2. The van der Waals surface area contributed by atoms with Crippen molar-refractivity contribution in [2.24, 2.45) is 0 Å². The van der Waals surface area contributed by atoms with Crippen molar-refractivity contribution in [2.45, 2.75) is 50.9 Å². The molecule has 1 amide bonds. The molecule has 0 unspecified atom stereocenters. The Labute approximate surface area is 211 Å². The van der Waals surface area contributed by atoms with Crippen molar-refractivity contribution in [1.29, 1.82) is 0 Å². The van der Waals surface area contributed by atoms with Crippen molar-refractivity contribution in [3.8, 4) is 0 Å². The molecule has 0 saturated carbocycles. The maximum absolute atomic E-state index is 12.8. The number of carbonyl (C=O) groups excluding carboxylic acids is 1. The van der Waals surface area contributed by atoms with Gasteiger partial charge in [-0.25, -0.2) is 0 Å². The lowest BCUT2D eigenvalue weighted by atomic mass is 10.0. The van der Waals surface area contributed by atoms with Crippen LogP contribution in [0.2, 0.25) is 0 Å². The molecule has 2 aliphatic heterocycles. The number of nitrogens with zero attached hydrogens (tertiary/aromatic N) is 3. The molecule has 2 aliphatic rings. The number of amides is 1. The van der Waals surface area contributed by atoms with Crippen LogP contribution in [0.15, 0.2) is 67.0 Å². The Morgan fingerprint density at radius 2 is 2.06 bits per heavy atom. The zero-order valence-electron chi connectivity index (χ0n) is 19.9. The molecule has 2 saturated heterocycles. The Hall–Kier alpha value is -3.23. The first-order valence-electron chi connectivity index (χ1n) is 12.2. The van der Waals surface area contributed by atoms with Gasteiger partial charge in [-0.2, -0.15) is 0 Å². The third-order valence-corrected chi connectivity index (χ3v) is 7.14. The van der Waals surface area contributed by atoms with Crippen molar-refractivity contribution in [3.05, 3.63) is 83.9 Å².